The van der Waals surface area contributed by atoms with Crippen LogP contribution in [0.5, 0.6) is 0 Å². The number of fused-ring (bicyclic) bond motifs is 1. The van der Waals surface area contributed by atoms with E-state index in [9.17, 15) is 9.59 Å². The Kier molecular flexibility index (Phi) is 7.36. The van der Waals surface area contributed by atoms with Crippen LogP contribution in [0.3, 0.4) is 0 Å². The molecular weight excluding hydrogens is 378 g/mol. The smallest absolute Gasteiger partial charge is 0.274 e. The first kappa shape index (κ1) is 21.7. The lowest BCUT2D eigenvalue weighted by molar-refractivity contribution is 0.0634. The first-order chi connectivity index (χ1) is 14.5. The number of nitrogens with zero attached hydrogens (tertiary/aromatic N) is 2. The van der Waals surface area contributed by atoms with Crippen LogP contribution >= 0.6 is 0 Å². The van der Waals surface area contributed by atoms with E-state index >= 15 is 0 Å². The molecule has 2 aromatic carbocycles. The molecule has 0 fully saturated rings. The Balaban J connectivity index is 1.62. The van der Waals surface area contributed by atoms with Gasteiger partial charge in [-0.15, -0.1) is 0 Å². The zero-order valence-corrected chi connectivity index (χ0v) is 17.8. The molecule has 1 unspecified atom stereocenters. The minimum absolute atomic E-state index is 0.00658. The predicted molar refractivity (Wildman–Crippen MR) is 119 cm³/mol. The Morgan fingerprint density at radius 2 is 1.70 bits per heavy atom. The van der Waals surface area contributed by atoms with Crippen molar-refractivity contribution < 1.29 is 9.53 Å². The van der Waals surface area contributed by atoms with Gasteiger partial charge in [-0.05, 0) is 30.9 Å². The maximum Gasteiger partial charge on any atom is 0.274 e. The maximum atomic E-state index is 12.8. The number of benzene rings is 2. The lowest BCUT2D eigenvalue weighted by atomic mass is 10.1. The number of aromatic nitrogens is 2. The molecule has 0 aliphatic heterocycles. The van der Waals surface area contributed by atoms with Crippen molar-refractivity contribution in [3.8, 4) is 0 Å². The highest BCUT2D eigenvalue weighted by Gasteiger charge is 2.16. The zero-order chi connectivity index (χ0) is 21.5. The fourth-order valence-electron chi connectivity index (χ4n) is 3.31. The SMILES string of the molecule is CC(C)Cn1nc(C(=O)NCCCOC(C)c2ccccc2)c2ccccc2c1=O. The van der Waals surface area contributed by atoms with Gasteiger partial charge in [0, 0.05) is 25.1 Å². The summed E-state index contributed by atoms with van der Waals surface area (Å²) in [7, 11) is 0. The highest BCUT2D eigenvalue weighted by molar-refractivity contribution is 6.04. The Morgan fingerprint density at radius 3 is 2.40 bits per heavy atom. The van der Waals surface area contributed by atoms with Gasteiger partial charge in [-0.1, -0.05) is 62.4 Å². The molecule has 0 radical (unpaired) electrons. The summed E-state index contributed by atoms with van der Waals surface area (Å²) in [4.78, 5) is 25.5. The molecule has 158 valence electrons. The minimum atomic E-state index is -0.278. The van der Waals surface area contributed by atoms with E-state index < -0.39 is 0 Å². The summed E-state index contributed by atoms with van der Waals surface area (Å²) in [5, 5.41) is 8.37. The van der Waals surface area contributed by atoms with Gasteiger partial charge in [0.15, 0.2) is 5.69 Å². The van der Waals surface area contributed by atoms with Gasteiger partial charge in [0.1, 0.15) is 0 Å². The van der Waals surface area contributed by atoms with E-state index in [-0.39, 0.29) is 29.2 Å². The lowest BCUT2D eigenvalue weighted by Gasteiger charge is -2.14. The number of ether oxygens (including phenoxy) is 1. The Morgan fingerprint density at radius 1 is 1.03 bits per heavy atom. The molecule has 0 aliphatic rings. The highest BCUT2D eigenvalue weighted by atomic mass is 16.5. The molecule has 0 bridgehead atoms. The van der Waals surface area contributed by atoms with E-state index in [4.69, 9.17) is 4.74 Å². The van der Waals surface area contributed by atoms with Crippen LogP contribution in [-0.4, -0.2) is 28.8 Å². The van der Waals surface area contributed by atoms with Gasteiger partial charge < -0.3 is 10.1 Å². The third-order valence-electron chi connectivity index (χ3n) is 4.86. The van der Waals surface area contributed by atoms with Gasteiger partial charge in [0.2, 0.25) is 0 Å². The van der Waals surface area contributed by atoms with Crippen molar-refractivity contribution in [3.63, 3.8) is 0 Å². The Bertz CT molecular complexity index is 1040. The molecule has 0 spiro atoms. The molecular formula is C24H29N3O3. The Labute approximate surface area is 176 Å². The summed E-state index contributed by atoms with van der Waals surface area (Å²) >= 11 is 0. The van der Waals surface area contributed by atoms with Crippen LogP contribution in [0.2, 0.25) is 0 Å². The first-order valence-corrected chi connectivity index (χ1v) is 10.4. The van der Waals surface area contributed by atoms with E-state index in [1.54, 1.807) is 18.2 Å². The minimum Gasteiger partial charge on any atom is -0.374 e. The second kappa shape index (κ2) is 10.2. The van der Waals surface area contributed by atoms with Gasteiger partial charge in [0.25, 0.3) is 11.5 Å². The summed E-state index contributed by atoms with van der Waals surface area (Å²) in [6.07, 6.45) is 0.694. The average Bonchev–Trinajstić information content (AvgIpc) is 2.75. The van der Waals surface area contributed by atoms with Crippen LogP contribution in [0, 0.1) is 5.92 Å². The van der Waals surface area contributed by atoms with Crippen molar-refractivity contribution >= 4 is 16.7 Å². The van der Waals surface area contributed by atoms with Gasteiger partial charge >= 0.3 is 0 Å². The molecule has 0 saturated carbocycles. The summed E-state index contributed by atoms with van der Waals surface area (Å²) in [5.41, 5.74) is 1.24. The zero-order valence-electron chi connectivity index (χ0n) is 17.8. The average molecular weight is 408 g/mol. The molecule has 30 heavy (non-hydrogen) atoms. The topological polar surface area (TPSA) is 73.2 Å². The normalized spacial score (nSPS) is 12.3. The molecule has 3 aromatic rings. The first-order valence-electron chi connectivity index (χ1n) is 10.4. The van der Waals surface area contributed by atoms with Gasteiger partial charge in [-0.2, -0.15) is 5.10 Å². The quantitative estimate of drug-likeness (QED) is 0.545. The van der Waals surface area contributed by atoms with Crippen molar-refractivity contribution in [2.45, 2.75) is 39.8 Å². The van der Waals surface area contributed by atoms with E-state index in [0.717, 1.165) is 5.56 Å². The monoisotopic (exact) mass is 407 g/mol. The summed E-state index contributed by atoms with van der Waals surface area (Å²) in [6.45, 7) is 7.52. The fourth-order valence-corrected chi connectivity index (χ4v) is 3.31. The number of rotatable bonds is 9. The van der Waals surface area contributed by atoms with Crippen LogP contribution in [-0.2, 0) is 11.3 Å². The molecule has 6 nitrogen and oxygen atoms in total. The van der Waals surface area contributed by atoms with E-state index in [2.05, 4.69) is 10.4 Å². The summed E-state index contributed by atoms with van der Waals surface area (Å²) in [6, 6.07) is 17.2. The number of amides is 1. The van der Waals surface area contributed by atoms with Gasteiger partial charge in [-0.25, -0.2) is 4.68 Å². The third-order valence-corrected chi connectivity index (χ3v) is 4.86. The largest absolute Gasteiger partial charge is 0.374 e. The molecule has 1 heterocycles. The second-order valence-electron chi connectivity index (χ2n) is 7.81. The van der Waals surface area contributed by atoms with Crippen LogP contribution in [0.4, 0.5) is 0 Å². The molecule has 3 rings (SSSR count). The molecule has 0 saturated heterocycles. The van der Waals surface area contributed by atoms with Gasteiger partial charge in [0.05, 0.1) is 11.5 Å². The summed E-state index contributed by atoms with van der Waals surface area (Å²) < 4.78 is 7.25. The van der Waals surface area contributed by atoms with Crippen molar-refractivity contribution in [2.75, 3.05) is 13.2 Å². The predicted octanol–water partition coefficient (Wildman–Crippen LogP) is 3.95. The number of hydrogen-bond donors (Lipinski definition) is 1. The van der Waals surface area contributed by atoms with Crippen molar-refractivity contribution in [3.05, 3.63) is 76.2 Å². The van der Waals surface area contributed by atoms with E-state index in [0.29, 0.717) is 36.9 Å². The van der Waals surface area contributed by atoms with Crippen LogP contribution in [0.15, 0.2) is 59.4 Å². The number of nitrogens with one attached hydrogen (secondary N) is 1. The van der Waals surface area contributed by atoms with E-state index in [1.165, 1.54) is 4.68 Å². The van der Waals surface area contributed by atoms with Crippen molar-refractivity contribution in [1.29, 1.82) is 0 Å². The summed E-state index contributed by atoms with van der Waals surface area (Å²) in [5.74, 6) is -0.0316. The van der Waals surface area contributed by atoms with Gasteiger partial charge in [-0.3, -0.25) is 9.59 Å². The molecule has 1 N–H and O–H groups in total. The maximum absolute atomic E-state index is 12.8. The Hall–Kier alpha value is -2.99. The van der Waals surface area contributed by atoms with Crippen LogP contribution in [0.25, 0.3) is 10.8 Å². The van der Waals surface area contributed by atoms with Crippen molar-refractivity contribution in [1.82, 2.24) is 15.1 Å². The lowest BCUT2D eigenvalue weighted by Crippen LogP contribution is -2.32. The number of carbonyl (C=O) groups is 1. The molecule has 1 aromatic heterocycles. The highest BCUT2D eigenvalue weighted by Crippen LogP contribution is 2.16. The molecule has 6 heteroatoms. The second-order valence-corrected chi connectivity index (χ2v) is 7.81. The van der Waals surface area contributed by atoms with Crippen LogP contribution < -0.4 is 10.9 Å². The molecule has 0 aliphatic carbocycles. The molecule has 1 atom stereocenters. The number of hydrogen-bond acceptors (Lipinski definition) is 4. The molecule has 1 amide bonds. The standard InChI is InChI=1S/C24H29N3O3/c1-17(2)16-27-24(29)21-13-8-7-12-20(21)22(26-27)23(28)25-14-9-15-30-18(3)19-10-5-4-6-11-19/h4-8,10-13,17-18H,9,14-16H2,1-3H3,(H,25,28). The fraction of sp³-hybridized carbons (Fsp3) is 0.375. The van der Waals surface area contributed by atoms with Crippen molar-refractivity contribution in [2.24, 2.45) is 5.92 Å². The third kappa shape index (κ3) is 5.33. The van der Waals surface area contributed by atoms with E-state index in [1.807, 2.05) is 57.2 Å². The number of carbonyl (C=O) groups excluding carboxylic acids is 1. The van der Waals surface area contributed by atoms with Crippen LogP contribution in [0.1, 0.15) is 49.3 Å².